The molecular formula is C22H34O4. The highest BCUT2D eigenvalue weighted by molar-refractivity contribution is 5.13. The second-order valence-corrected chi connectivity index (χ2v) is 6.99. The minimum Gasteiger partial charge on any atom is -0.393 e. The van der Waals surface area contributed by atoms with Crippen LogP contribution in [0.4, 0.5) is 0 Å². The summed E-state index contributed by atoms with van der Waals surface area (Å²) in [6.07, 6.45) is 8.94. The van der Waals surface area contributed by atoms with Gasteiger partial charge in [0.2, 0.25) is 0 Å². The number of aliphatic hydroxyl groups excluding tert-OH is 1. The summed E-state index contributed by atoms with van der Waals surface area (Å²) in [6.45, 7) is 6.10. The fourth-order valence-corrected chi connectivity index (χ4v) is 3.21. The molecule has 0 saturated carbocycles. The molecule has 4 heteroatoms. The van der Waals surface area contributed by atoms with Gasteiger partial charge in [-0.25, -0.2) is 0 Å². The molecule has 0 bridgehead atoms. The van der Waals surface area contributed by atoms with Gasteiger partial charge in [0.1, 0.15) is 0 Å². The van der Waals surface area contributed by atoms with Crippen molar-refractivity contribution in [2.75, 3.05) is 13.2 Å². The topological polar surface area (TPSA) is 47.9 Å². The van der Waals surface area contributed by atoms with Gasteiger partial charge in [0.15, 0.2) is 5.79 Å². The zero-order valence-corrected chi connectivity index (χ0v) is 16.2. The van der Waals surface area contributed by atoms with Gasteiger partial charge in [-0.15, -0.1) is 0 Å². The number of hydrogen-bond acceptors (Lipinski definition) is 4. The number of aliphatic hydroxyl groups is 1. The highest BCUT2D eigenvalue weighted by Gasteiger charge is 2.38. The first-order valence-corrected chi connectivity index (χ1v) is 9.94. The van der Waals surface area contributed by atoms with Crippen molar-refractivity contribution in [2.45, 2.75) is 77.0 Å². The lowest BCUT2D eigenvalue weighted by atomic mass is 10.1. The van der Waals surface area contributed by atoms with E-state index in [-0.39, 0.29) is 18.0 Å². The first-order chi connectivity index (χ1) is 12.7. The Hall–Kier alpha value is -1.20. The molecular weight excluding hydrogens is 328 g/mol. The van der Waals surface area contributed by atoms with Gasteiger partial charge in [-0.1, -0.05) is 62.8 Å². The number of benzene rings is 1. The molecule has 1 fully saturated rings. The van der Waals surface area contributed by atoms with Crippen molar-refractivity contribution in [1.29, 1.82) is 0 Å². The maximum atomic E-state index is 10.0. The van der Waals surface area contributed by atoms with Crippen LogP contribution in [0.5, 0.6) is 0 Å². The molecule has 0 spiro atoms. The minimum absolute atomic E-state index is 0.129. The number of ether oxygens (including phenoxy) is 3. The molecule has 4 nitrogen and oxygen atoms in total. The maximum Gasteiger partial charge on any atom is 0.168 e. The lowest BCUT2D eigenvalue weighted by Crippen LogP contribution is -2.29. The van der Waals surface area contributed by atoms with Gasteiger partial charge in [-0.2, -0.15) is 0 Å². The van der Waals surface area contributed by atoms with Crippen LogP contribution >= 0.6 is 0 Å². The van der Waals surface area contributed by atoms with Gasteiger partial charge >= 0.3 is 0 Å². The molecule has 1 aromatic carbocycles. The average molecular weight is 363 g/mol. The second-order valence-electron chi connectivity index (χ2n) is 6.99. The van der Waals surface area contributed by atoms with Crippen LogP contribution < -0.4 is 0 Å². The van der Waals surface area contributed by atoms with E-state index in [1.165, 1.54) is 0 Å². The Bertz CT molecular complexity index is 516. The highest BCUT2D eigenvalue weighted by Crippen LogP contribution is 2.32. The van der Waals surface area contributed by atoms with Gasteiger partial charge in [0.25, 0.3) is 0 Å². The van der Waals surface area contributed by atoms with E-state index < -0.39 is 0 Å². The largest absolute Gasteiger partial charge is 0.393 e. The molecule has 0 radical (unpaired) electrons. The van der Waals surface area contributed by atoms with Gasteiger partial charge in [-0.05, 0) is 31.2 Å². The Morgan fingerprint density at radius 2 is 2.08 bits per heavy atom. The summed E-state index contributed by atoms with van der Waals surface area (Å²) in [6, 6.07) is 10.1. The molecule has 146 valence electrons. The second kappa shape index (κ2) is 11.5. The Morgan fingerprint density at radius 3 is 2.81 bits per heavy atom. The third-order valence-corrected chi connectivity index (χ3v) is 4.76. The van der Waals surface area contributed by atoms with Crippen molar-refractivity contribution in [2.24, 2.45) is 0 Å². The summed E-state index contributed by atoms with van der Waals surface area (Å²) in [5, 5.41) is 10.0. The molecule has 1 aromatic rings. The molecule has 1 N–H and O–H groups in total. The van der Waals surface area contributed by atoms with Gasteiger partial charge in [0.05, 0.1) is 25.4 Å². The molecule has 3 unspecified atom stereocenters. The third-order valence-electron chi connectivity index (χ3n) is 4.76. The van der Waals surface area contributed by atoms with Gasteiger partial charge in [-0.3, -0.25) is 0 Å². The number of hydrogen-bond donors (Lipinski definition) is 1. The molecule has 0 aromatic heterocycles. The normalized spacial score (nSPS) is 24.3. The Morgan fingerprint density at radius 1 is 1.27 bits per heavy atom. The maximum absolute atomic E-state index is 10.0. The summed E-state index contributed by atoms with van der Waals surface area (Å²) < 4.78 is 17.6. The smallest absolute Gasteiger partial charge is 0.168 e. The number of rotatable bonds is 12. The SMILES string of the molecule is CCCC1(CC)OCC(C/C=C\CC(O)CCOCc2ccccc2)O1. The van der Waals surface area contributed by atoms with Gasteiger partial charge < -0.3 is 19.3 Å². The molecule has 1 heterocycles. The lowest BCUT2D eigenvalue weighted by Gasteiger charge is -2.26. The van der Waals surface area contributed by atoms with Crippen LogP contribution in [0.2, 0.25) is 0 Å². The summed E-state index contributed by atoms with van der Waals surface area (Å²) >= 11 is 0. The van der Waals surface area contributed by atoms with Crippen LogP contribution in [0.1, 0.15) is 57.9 Å². The van der Waals surface area contributed by atoms with E-state index in [4.69, 9.17) is 14.2 Å². The first kappa shape index (κ1) is 21.1. The highest BCUT2D eigenvalue weighted by atomic mass is 16.7. The fourth-order valence-electron chi connectivity index (χ4n) is 3.21. The third kappa shape index (κ3) is 7.20. The molecule has 1 aliphatic rings. The molecule has 2 rings (SSSR count). The molecule has 1 aliphatic heterocycles. The average Bonchev–Trinajstić information content (AvgIpc) is 3.07. The van der Waals surface area contributed by atoms with Crippen molar-refractivity contribution in [3.8, 4) is 0 Å². The molecule has 26 heavy (non-hydrogen) atoms. The summed E-state index contributed by atoms with van der Waals surface area (Å²) in [5.74, 6) is -0.372. The van der Waals surface area contributed by atoms with E-state index in [2.05, 4.69) is 19.9 Å². The van der Waals surface area contributed by atoms with E-state index in [1.54, 1.807) is 0 Å². The summed E-state index contributed by atoms with van der Waals surface area (Å²) in [5.41, 5.74) is 1.16. The van der Waals surface area contributed by atoms with Crippen LogP contribution in [0, 0.1) is 0 Å². The zero-order valence-electron chi connectivity index (χ0n) is 16.2. The fraction of sp³-hybridized carbons (Fsp3) is 0.636. The van der Waals surface area contributed by atoms with Crippen molar-refractivity contribution in [3.63, 3.8) is 0 Å². The van der Waals surface area contributed by atoms with E-state index in [1.807, 2.05) is 36.4 Å². The molecule has 3 atom stereocenters. The predicted octanol–water partition coefficient (Wildman–Crippen LogP) is 4.61. The minimum atomic E-state index is -0.372. The predicted molar refractivity (Wildman–Crippen MR) is 104 cm³/mol. The van der Waals surface area contributed by atoms with E-state index in [9.17, 15) is 5.11 Å². The Kier molecular flexibility index (Phi) is 9.33. The standard InChI is InChI=1S/C22H34O4/c1-3-15-22(4-2)25-18-21(26-22)13-9-8-12-20(23)14-16-24-17-19-10-6-5-7-11-19/h5-11,20-21,23H,3-4,12-18H2,1-2H3/b9-8-. The van der Waals surface area contributed by atoms with Crippen molar-refractivity contribution in [3.05, 3.63) is 48.0 Å². The summed E-state index contributed by atoms with van der Waals surface area (Å²) in [4.78, 5) is 0. The van der Waals surface area contributed by atoms with Crippen LogP contribution in [-0.2, 0) is 20.8 Å². The van der Waals surface area contributed by atoms with Gasteiger partial charge in [0, 0.05) is 13.0 Å². The Balaban J connectivity index is 1.55. The van der Waals surface area contributed by atoms with Crippen LogP contribution in [0.3, 0.4) is 0 Å². The van der Waals surface area contributed by atoms with Crippen molar-refractivity contribution >= 4 is 0 Å². The first-order valence-electron chi connectivity index (χ1n) is 9.94. The molecule has 0 amide bonds. The summed E-state index contributed by atoms with van der Waals surface area (Å²) in [7, 11) is 0. The van der Waals surface area contributed by atoms with Crippen LogP contribution in [0.15, 0.2) is 42.5 Å². The quantitative estimate of drug-likeness (QED) is 0.436. The van der Waals surface area contributed by atoms with Crippen molar-refractivity contribution in [1.82, 2.24) is 0 Å². The van der Waals surface area contributed by atoms with Crippen LogP contribution in [-0.4, -0.2) is 36.3 Å². The monoisotopic (exact) mass is 362 g/mol. The van der Waals surface area contributed by atoms with Crippen LogP contribution in [0.25, 0.3) is 0 Å². The molecule has 0 aliphatic carbocycles. The van der Waals surface area contributed by atoms with E-state index in [0.29, 0.717) is 32.7 Å². The Labute approximate surface area is 158 Å². The molecule has 1 saturated heterocycles. The van der Waals surface area contributed by atoms with E-state index >= 15 is 0 Å². The lowest BCUT2D eigenvalue weighted by molar-refractivity contribution is -0.174. The van der Waals surface area contributed by atoms with Crippen molar-refractivity contribution < 1.29 is 19.3 Å². The van der Waals surface area contributed by atoms with E-state index in [0.717, 1.165) is 31.2 Å². The zero-order chi connectivity index (χ0) is 18.7.